The Morgan fingerprint density at radius 2 is 1.81 bits per heavy atom. The van der Waals surface area contributed by atoms with Crippen LogP contribution in [0.2, 0.25) is 0 Å². The fraction of sp³-hybridized carbons (Fsp3) is 0.286. The standard InChI is InChI=1S/C28H28FN5O2/c29-24-3-1-2-4-25(24)30-21-9-10-23-26(15-21)32-33-27(23)31-28(35)20-7-5-18(6-8-20)19-11-13-34(14-12-19)22-16-36-17-22/h1-10,15,19,22,30H,11-14,16-17H2,(H2,31,32,33,35). The van der Waals surface area contributed by atoms with Gasteiger partial charge in [0.05, 0.1) is 30.5 Å². The number of amides is 1. The van der Waals surface area contributed by atoms with Crippen LogP contribution in [0.5, 0.6) is 0 Å². The van der Waals surface area contributed by atoms with Crippen molar-refractivity contribution in [2.24, 2.45) is 0 Å². The Labute approximate surface area is 208 Å². The summed E-state index contributed by atoms with van der Waals surface area (Å²) < 4.78 is 19.3. The Bertz CT molecular complexity index is 1370. The molecule has 2 aliphatic heterocycles. The zero-order valence-corrected chi connectivity index (χ0v) is 19.8. The molecule has 3 N–H and O–H groups in total. The number of rotatable bonds is 6. The molecule has 2 aliphatic rings. The molecule has 0 aliphatic carbocycles. The molecule has 2 saturated heterocycles. The van der Waals surface area contributed by atoms with Gasteiger partial charge < -0.3 is 15.4 Å². The maximum atomic E-state index is 14.0. The average Bonchev–Trinajstić information content (AvgIpc) is 3.27. The van der Waals surface area contributed by atoms with Gasteiger partial charge in [-0.3, -0.25) is 14.8 Å². The second-order valence-corrected chi connectivity index (χ2v) is 9.52. The van der Waals surface area contributed by atoms with Crippen LogP contribution >= 0.6 is 0 Å². The number of hydrogen-bond donors (Lipinski definition) is 3. The third kappa shape index (κ3) is 4.57. The quantitative estimate of drug-likeness (QED) is 0.346. The van der Waals surface area contributed by atoms with Crippen molar-refractivity contribution >= 4 is 34.0 Å². The van der Waals surface area contributed by atoms with Crippen LogP contribution in [-0.4, -0.2) is 53.3 Å². The van der Waals surface area contributed by atoms with E-state index < -0.39 is 0 Å². The highest BCUT2D eigenvalue weighted by Crippen LogP contribution is 2.31. The lowest BCUT2D eigenvalue weighted by Crippen LogP contribution is -2.51. The first-order valence-electron chi connectivity index (χ1n) is 12.4. The number of likely N-dealkylation sites (tertiary alicyclic amines) is 1. The number of nitrogens with one attached hydrogen (secondary N) is 3. The molecule has 184 valence electrons. The van der Waals surface area contributed by atoms with Gasteiger partial charge in [0.1, 0.15) is 5.82 Å². The molecule has 0 bridgehead atoms. The maximum absolute atomic E-state index is 14.0. The second-order valence-electron chi connectivity index (χ2n) is 9.52. The highest BCUT2D eigenvalue weighted by atomic mass is 19.1. The summed E-state index contributed by atoms with van der Waals surface area (Å²) in [5.74, 6) is 0.462. The topological polar surface area (TPSA) is 82.3 Å². The molecule has 36 heavy (non-hydrogen) atoms. The molecule has 4 aromatic rings. The highest BCUT2D eigenvalue weighted by Gasteiger charge is 2.30. The predicted molar refractivity (Wildman–Crippen MR) is 138 cm³/mol. The summed E-state index contributed by atoms with van der Waals surface area (Å²) in [5, 5.41) is 14.0. The van der Waals surface area contributed by atoms with Gasteiger partial charge in [-0.25, -0.2) is 4.39 Å². The van der Waals surface area contributed by atoms with Crippen molar-refractivity contribution in [1.82, 2.24) is 15.1 Å². The Balaban J connectivity index is 1.09. The van der Waals surface area contributed by atoms with Gasteiger partial charge in [-0.2, -0.15) is 5.10 Å². The van der Waals surface area contributed by atoms with Gasteiger partial charge in [0, 0.05) is 16.6 Å². The number of hydrogen-bond acceptors (Lipinski definition) is 5. The molecular formula is C28H28FN5O2. The maximum Gasteiger partial charge on any atom is 0.256 e. The zero-order chi connectivity index (χ0) is 24.5. The van der Waals surface area contributed by atoms with Gasteiger partial charge in [0.15, 0.2) is 5.82 Å². The molecule has 7 nitrogen and oxygen atoms in total. The summed E-state index contributed by atoms with van der Waals surface area (Å²) in [4.78, 5) is 15.4. The molecule has 1 aromatic heterocycles. The van der Waals surface area contributed by atoms with E-state index in [4.69, 9.17) is 4.74 Å². The molecule has 8 heteroatoms. The number of aromatic amines is 1. The van der Waals surface area contributed by atoms with Crippen LogP contribution in [0.4, 0.5) is 21.6 Å². The third-order valence-corrected chi connectivity index (χ3v) is 7.26. The van der Waals surface area contributed by atoms with E-state index in [0.717, 1.165) is 55.7 Å². The van der Waals surface area contributed by atoms with E-state index in [9.17, 15) is 9.18 Å². The van der Waals surface area contributed by atoms with E-state index in [1.807, 2.05) is 30.3 Å². The minimum absolute atomic E-state index is 0.205. The number of aromatic nitrogens is 2. The van der Waals surface area contributed by atoms with Crippen molar-refractivity contribution in [3.8, 4) is 0 Å². The van der Waals surface area contributed by atoms with E-state index in [-0.39, 0.29) is 11.7 Å². The largest absolute Gasteiger partial charge is 0.378 e. The second kappa shape index (κ2) is 9.72. The monoisotopic (exact) mass is 485 g/mol. The lowest BCUT2D eigenvalue weighted by Gasteiger charge is -2.41. The number of benzene rings is 3. The number of carbonyl (C=O) groups excluding carboxylic acids is 1. The van der Waals surface area contributed by atoms with Gasteiger partial charge in [-0.15, -0.1) is 0 Å². The summed E-state index contributed by atoms with van der Waals surface area (Å²) in [6, 6.07) is 20.6. The first kappa shape index (κ1) is 22.7. The van der Waals surface area contributed by atoms with Gasteiger partial charge in [0.2, 0.25) is 0 Å². The molecule has 0 spiro atoms. The first-order valence-corrected chi connectivity index (χ1v) is 12.4. The van der Waals surface area contributed by atoms with Crippen LogP contribution < -0.4 is 10.6 Å². The molecule has 3 heterocycles. The summed E-state index contributed by atoms with van der Waals surface area (Å²) in [6.07, 6.45) is 2.27. The van der Waals surface area contributed by atoms with Crippen molar-refractivity contribution in [3.63, 3.8) is 0 Å². The fourth-order valence-corrected chi connectivity index (χ4v) is 5.03. The molecule has 2 fully saturated rings. The van der Waals surface area contributed by atoms with Crippen molar-refractivity contribution in [3.05, 3.63) is 83.7 Å². The van der Waals surface area contributed by atoms with Crippen LogP contribution in [0.25, 0.3) is 10.9 Å². The molecule has 3 aromatic carbocycles. The van der Waals surface area contributed by atoms with Crippen LogP contribution in [0.3, 0.4) is 0 Å². The molecule has 1 amide bonds. The smallest absolute Gasteiger partial charge is 0.256 e. The Morgan fingerprint density at radius 3 is 2.53 bits per heavy atom. The predicted octanol–water partition coefficient (Wildman–Crippen LogP) is 5.28. The van der Waals surface area contributed by atoms with Crippen LogP contribution in [0.15, 0.2) is 66.7 Å². The summed E-state index contributed by atoms with van der Waals surface area (Å²) in [6.45, 7) is 3.94. The SMILES string of the molecule is O=C(Nc1n[nH]c2cc(Nc3ccccc3F)ccc12)c1ccc(C2CCN(C3COC3)CC2)cc1. The minimum Gasteiger partial charge on any atom is -0.378 e. The number of ether oxygens (including phenoxy) is 1. The number of piperidine rings is 1. The number of nitrogens with zero attached hydrogens (tertiary/aromatic N) is 2. The van der Waals surface area contributed by atoms with Crippen LogP contribution in [0, 0.1) is 5.82 Å². The number of carbonyl (C=O) groups is 1. The van der Waals surface area contributed by atoms with Crippen LogP contribution in [-0.2, 0) is 4.74 Å². The molecular weight excluding hydrogens is 457 g/mol. The normalized spacial score (nSPS) is 17.1. The Hall–Kier alpha value is -3.75. The number of H-pyrrole nitrogens is 1. The van der Waals surface area contributed by atoms with Crippen molar-refractivity contribution in [2.45, 2.75) is 24.8 Å². The first-order chi connectivity index (χ1) is 17.6. The Kier molecular flexibility index (Phi) is 6.13. The van der Waals surface area contributed by atoms with Crippen LogP contribution in [0.1, 0.15) is 34.7 Å². The summed E-state index contributed by atoms with van der Waals surface area (Å²) in [5.41, 5.74) is 3.73. The van der Waals surface area contributed by atoms with Crippen molar-refractivity contribution in [2.75, 3.05) is 36.9 Å². The molecule has 0 atom stereocenters. The lowest BCUT2D eigenvalue weighted by atomic mass is 9.88. The van der Waals surface area contributed by atoms with E-state index >= 15 is 0 Å². The molecule has 0 unspecified atom stereocenters. The number of anilines is 3. The van der Waals surface area contributed by atoms with Crippen molar-refractivity contribution < 1.29 is 13.9 Å². The number of fused-ring (bicyclic) bond motifs is 1. The van der Waals surface area contributed by atoms with Gasteiger partial charge in [-0.1, -0.05) is 24.3 Å². The minimum atomic E-state index is -0.324. The number of halogens is 1. The molecule has 6 rings (SSSR count). The third-order valence-electron chi connectivity index (χ3n) is 7.26. The van der Waals surface area contributed by atoms with Gasteiger partial charge >= 0.3 is 0 Å². The van der Waals surface area contributed by atoms with Crippen molar-refractivity contribution in [1.29, 1.82) is 0 Å². The highest BCUT2D eigenvalue weighted by molar-refractivity contribution is 6.08. The number of para-hydroxylation sites is 1. The lowest BCUT2D eigenvalue weighted by molar-refractivity contribution is -0.0712. The summed E-state index contributed by atoms with van der Waals surface area (Å²) in [7, 11) is 0. The van der Waals surface area contributed by atoms with Gasteiger partial charge in [-0.05, 0) is 79.9 Å². The van der Waals surface area contributed by atoms with Gasteiger partial charge in [0.25, 0.3) is 5.91 Å². The van der Waals surface area contributed by atoms with E-state index in [0.29, 0.717) is 29.0 Å². The molecule has 0 radical (unpaired) electrons. The van der Waals surface area contributed by atoms with E-state index in [1.54, 1.807) is 18.2 Å². The van der Waals surface area contributed by atoms with E-state index in [2.05, 4.69) is 37.9 Å². The fourth-order valence-electron chi connectivity index (χ4n) is 5.03. The zero-order valence-electron chi connectivity index (χ0n) is 19.8. The average molecular weight is 486 g/mol. The Morgan fingerprint density at radius 1 is 1.03 bits per heavy atom. The molecule has 0 saturated carbocycles. The van der Waals surface area contributed by atoms with E-state index in [1.165, 1.54) is 11.6 Å². The summed E-state index contributed by atoms with van der Waals surface area (Å²) >= 11 is 0.